The van der Waals surface area contributed by atoms with Gasteiger partial charge in [0.25, 0.3) is 0 Å². The number of thiocarbonyl (C=S) groups is 1. The molecule has 0 aromatic heterocycles. The van der Waals surface area contributed by atoms with Crippen molar-refractivity contribution in [3.63, 3.8) is 0 Å². The molecule has 0 spiro atoms. The highest BCUT2D eigenvalue weighted by Crippen LogP contribution is 2.09. The van der Waals surface area contributed by atoms with E-state index in [9.17, 15) is 4.79 Å². The van der Waals surface area contributed by atoms with Crippen molar-refractivity contribution in [2.75, 3.05) is 46.2 Å². The zero-order valence-electron chi connectivity index (χ0n) is 9.06. The molecule has 1 fully saturated rings. The van der Waals surface area contributed by atoms with Gasteiger partial charge in [0, 0.05) is 27.2 Å². The molecule has 0 radical (unpaired) electrons. The van der Waals surface area contributed by atoms with E-state index in [0.717, 1.165) is 4.32 Å². The van der Waals surface area contributed by atoms with Crippen LogP contribution in [0.2, 0.25) is 0 Å². The molecule has 1 rings (SSSR count). The Balaban J connectivity index is 2.26. The Bertz CT molecular complexity index is 240. The van der Waals surface area contributed by atoms with Gasteiger partial charge in [-0.1, -0.05) is 24.0 Å². The molecule has 1 aliphatic heterocycles. The fourth-order valence-corrected chi connectivity index (χ4v) is 2.02. The number of thioether (sulfide) groups is 1. The van der Waals surface area contributed by atoms with Crippen molar-refractivity contribution in [1.29, 1.82) is 0 Å². The Morgan fingerprint density at radius 3 is 2.60 bits per heavy atom. The van der Waals surface area contributed by atoms with Crippen LogP contribution in [0.25, 0.3) is 0 Å². The average molecular weight is 248 g/mol. The van der Waals surface area contributed by atoms with Crippen LogP contribution in [0.5, 0.6) is 0 Å². The number of hydrogen-bond donors (Lipinski definition) is 0. The Labute approximate surface area is 99.9 Å². The minimum atomic E-state index is 0.146. The highest BCUT2D eigenvalue weighted by Gasteiger charge is 2.17. The Hall–Kier alpha value is -0.330. The van der Waals surface area contributed by atoms with Crippen LogP contribution in [0.15, 0.2) is 0 Å². The maximum Gasteiger partial charge on any atom is 0.233 e. The molecule has 15 heavy (non-hydrogen) atoms. The summed E-state index contributed by atoms with van der Waals surface area (Å²) >= 11 is 6.50. The van der Waals surface area contributed by atoms with Crippen molar-refractivity contribution in [3.05, 3.63) is 0 Å². The minimum absolute atomic E-state index is 0.146. The highest BCUT2D eigenvalue weighted by atomic mass is 32.2. The van der Waals surface area contributed by atoms with E-state index in [1.807, 2.05) is 23.9 Å². The van der Waals surface area contributed by atoms with Gasteiger partial charge in [0.05, 0.1) is 19.0 Å². The van der Waals surface area contributed by atoms with Gasteiger partial charge in [-0.05, 0) is 0 Å². The summed E-state index contributed by atoms with van der Waals surface area (Å²) in [7, 11) is 3.77. The first-order valence-electron chi connectivity index (χ1n) is 4.81. The first-order valence-corrected chi connectivity index (χ1v) is 6.20. The number of ether oxygens (including phenoxy) is 1. The fourth-order valence-electron chi connectivity index (χ4n) is 1.16. The van der Waals surface area contributed by atoms with Crippen LogP contribution < -0.4 is 0 Å². The van der Waals surface area contributed by atoms with Crippen LogP contribution in [0.1, 0.15) is 0 Å². The van der Waals surface area contributed by atoms with E-state index in [0.29, 0.717) is 32.1 Å². The molecular weight excluding hydrogens is 232 g/mol. The van der Waals surface area contributed by atoms with E-state index in [-0.39, 0.29) is 5.91 Å². The number of carbonyl (C=O) groups is 1. The SMILES string of the molecule is CN(C)C(=S)SCC(=O)N1CCOCC1. The summed E-state index contributed by atoms with van der Waals surface area (Å²) in [5, 5.41) is 0. The van der Waals surface area contributed by atoms with Crippen molar-refractivity contribution in [3.8, 4) is 0 Å². The molecule has 1 saturated heterocycles. The lowest BCUT2D eigenvalue weighted by Crippen LogP contribution is -2.41. The smallest absolute Gasteiger partial charge is 0.233 e. The number of rotatable bonds is 2. The molecule has 4 nitrogen and oxygen atoms in total. The van der Waals surface area contributed by atoms with Crippen LogP contribution in [0.4, 0.5) is 0 Å². The number of nitrogens with zero attached hydrogens (tertiary/aromatic N) is 2. The van der Waals surface area contributed by atoms with Crippen LogP contribution in [-0.4, -0.2) is 66.2 Å². The van der Waals surface area contributed by atoms with Gasteiger partial charge in [-0.3, -0.25) is 4.79 Å². The topological polar surface area (TPSA) is 32.8 Å². The van der Waals surface area contributed by atoms with Crippen LogP contribution in [-0.2, 0) is 9.53 Å². The second-order valence-corrected chi connectivity index (χ2v) is 5.05. The molecule has 1 amide bonds. The number of morpholine rings is 1. The molecule has 0 saturated carbocycles. The molecule has 0 aromatic carbocycles. The van der Waals surface area contributed by atoms with Gasteiger partial charge < -0.3 is 14.5 Å². The molecule has 86 valence electrons. The van der Waals surface area contributed by atoms with Gasteiger partial charge in [0.2, 0.25) is 5.91 Å². The average Bonchev–Trinajstić information content (AvgIpc) is 2.26. The predicted octanol–water partition coefficient (Wildman–Crippen LogP) is 0.425. The number of carbonyl (C=O) groups excluding carboxylic acids is 1. The van der Waals surface area contributed by atoms with E-state index in [1.54, 1.807) is 0 Å². The molecule has 0 aromatic rings. The van der Waals surface area contributed by atoms with E-state index >= 15 is 0 Å². The third-order valence-corrected chi connectivity index (χ3v) is 3.77. The molecule has 6 heteroatoms. The Kier molecular flexibility index (Phi) is 5.35. The largest absolute Gasteiger partial charge is 0.378 e. The van der Waals surface area contributed by atoms with E-state index in [1.165, 1.54) is 11.8 Å². The maximum atomic E-state index is 11.7. The number of hydrogen-bond acceptors (Lipinski definition) is 4. The van der Waals surface area contributed by atoms with Crippen LogP contribution >= 0.6 is 24.0 Å². The van der Waals surface area contributed by atoms with Gasteiger partial charge in [0.1, 0.15) is 4.32 Å². The molecule has 1 heterocycles. The minimum Gasteiger partial charge on any atom is -0.378 e. The van der Waals surface area contributed by atoms with Crippen molar-refractivity contribution in [2.45, 2.75) is 0 Å². The Morgan fingerprint density at radius 2 is 2.07 bits per heavy atom. The molecule has 1 aliphatic rings. The molecular formula is C9H16N2O2S2. The van der Waals surface area contributed by atoms with Crippen molar-refractivity contribution in [2.24, 2.45) is 0 Å². The normalized spacial score (nSPS) is 16.3. The van der Waals surface area contributed by atoms with Crippen molar-refractivity contribution >= 4 is 34.2 Å². The zero-order chi connectivity index (χ0) is 11.3. The molecule has 0 bridgehead atoms. The highest BCUT2D eigenvalue weighted by molar-refractivity contribution is 8.23. The van der Waals surface area contributed by atoms with E-state index in [2.05, 4.69) is 0 Å². The fraction of sp³-hybridized carbons (Fsp3) is 0.778. The Morgan fingerprint density at radius 1 is 1.47 bits per heavy atom. The summed E-state index contributed by atoms with van der Waals surface area (Å²) in [5.74, 6) is 0.573. The van der Waals surface area contributed by atoms with Gasteiger partial charge in [-0.15, -0.1) is 0 Å². The quantitative estimate of drug-likeness (QED) is 0.662. The summed E-state index contributed by atoms with van der Waals surface area (Å²) in [5.41, 5.74) is 0. The monoisotopic (exact) mass is 248 g/mol. The lowest BCUT2D eigenvalue weighted by molar-refractivity contribution is -0.132. The van der Waals surface area contributed by atoms with Crippen LogP contribution in [0.3, 0.4) is 0 Å². The summed E-state index contributed by atoms with van der Waals surface area (Å²) < 4.78 is 5.93. The summed E-state index contributed by atoms with van der Waals surface area (Å²) in [6.07, 6.45) is 0. The van der Waals surface area contributed by atoms with Crippen molar-refractivity contribution < 1.29 is 9.53 Å². The van der Waals surface area contributed by atoms with Crippen LogP contribution in [0, 0.1) is 0 Å². The first-order chi connectivity index (χ1) is 7.11. The van der Waals surface area contributed by atoms with Gasteiger partial charge >= 0.3 is 0 Å². The predicted molar refractivity (Wildman–Crippen MR) is 66.1 cm³/mol. The molecule has 0 atom stereocenters. The number of amides is 1. The lowest BCUT2D eigenvalue weighted by atomic mass is 10.4. The van der Waals surface area contributed by atoms with Crippen molar-refractivity contribution in [1.82, 2.24) is 9.80 Å². The third-order valence-electron chi connectivity index (χ3n) is 2.05. The zero-order valence-corrected chi connectivity index (χ0v) is 10.7. The molecule has 0 N–H and O–H groups in total. The maximum absolute atomic E-state index is 11.7. The summed E-state index contributed by atoms with van der Waals surface area (Å²) in [6.45, 7) is 2.70. The lowest BCUT2D eigenvalue weighted by Gasteiger charge is -2.26. The van der Waals surface area contributed by atoms with Gasteiger partial charge in [-0.2, -0.15) is 0 Å². The van der Waals surface area contributed by atoms with E-state index < -0.39 is 0 Å². The second kappa shape index (κ2) is 6.30. The van der Waals surface area contributed by atoms with Gasteiger partial charge in [0.15, 0.2) is 0 Å². The first kappa shape index (κ1) is 12.7. The molecule has 0 unspecified atom stereocenters. The van der Waals surface area contributed by atoms with E-state index in [4.69, 9.17) is 17.0 Å². The summed E-state index contributed by atoms with van der Waals surface area (Å²) in [4.78, 5) is 15.4. The van der Waals surface area contributed by atoms with Gasteiger partial charge in [-0.25, -0.2) is 0 Å². The molecule has 0 aliphatic carbocycles. The standard InChI is InChI=1S/C9H16N2O2S2/c1-10(2)9(14)15-7-8(12)11-3-5-13-6-4-11/h3-7H2,1-2H3. The third kappa shape index (κ3) is 4.36. The second-order valence-electron chi connectivity index (χ2n) is 3.44. The summed E-state index contributed by atoms with van der Waals surface area (Å²) in [6, 6.07) is 0.